The fourth-order valence-electron chi connectivity index (χ4n) is 4.49. The Hall–Kier alpha value is -2.49. The number of rotatable bonds is 6. The van der Waals surface area contributed by atoms with Gasteiger partial charge in [-0.3, -0.25) is 4.79 Å². The monoisotopic (exact) mass is 379 g/mol. The average Bonchev–Trinajstić information content (AvgIpc) is 2.68. The van der Waals surface area contributed by atoms with Gasteiger partial charge in [-0.05, 0) is 61.9 Å². The van der Waals surface area contributed by atoms with E-state index in [1.54, 1.807) is 0 Å². The molecule has 4 heteroatoms. The number of nitrogens with zero attached hydrogens (tertiary/aromatic N) is 1. The van der Waals surface area contributed by atoms with Gasteiger partial charge < -0.3 is 14.4 Å². The Morgan fingerprint density at radius 2 is 1.64 bits per heavy atom. The number of carbonyl (C=O) groups excluding carboxylic acids is 1. The first-order chi connectivity index (χ1) is 13.7. The Morgan fingerprint density at radius 3 is 2.21 bits per heavy atom. The Bertz CT molecular complexity index is 842. The maximum absolute atomic E-state index is 13.6. The van der Waals surface area contributed by atoms with E-state index < -0.39 is 0 Å². The summed E-state index contributed by atoms with van der Waals surface area (Å²) >= 11 is 0. The summed E-state index contributed by atoms with van der Waals surface area (Å²) in [5.74, 6) is 1.86. The number of hydrogen-bond acceptors (Lipinski definition) is 3. The minimum Gasteiger partial charge on any atom is -0.490 e. The summed E-state index contributed by atoms with van der Waals surface area (Å²) in [6, 6.07) is 14.5. The van der Waals surface area contributed by atoms with E-state index in [4.69, 9.17) is 9.47 Å². The van der Waals surface area contributed by atoms with Crippen molar-refractivity contribution in [3.05, 3.63) is 59.2 Å². The molecule has 1 aliphatic heterocycles. The van der Waals surface area contributed by atoms with Gasteiger partial charge in [0.25, 0.3) is 0 Å². The molecule has 0 radical (unpaired) electrons. The predicted molar refractivity (Wildman–Crippen MR) is 110 cm³/mol. The van der Waals surface area contributed by atoms with Crippen LogP contribution >= 0.6 is 0 Å². The maximum atomic E-state index is 13.6. The molecule has 0 atom stereocenters. The second-order valence-corrected chi connectivity index (χ2v) is 7.71. The number of amides is 1. The van der Waals surface area contributed by atoms with Crippen molar-refractivity contribution in [1.82, 2.24) is 4.90 Å². The van der Waals surface area contributed by atoms with Crippen molar-refractivity contribution in [2.45, 2.75) is 51.5 Å². The van der Waals surface area contributed by atoms with E-state index in [9.17, 15) is 4.79 Å². The lowest BCUT2D eigenvalue weighted by atomic mass is 9.63. The molecule has 1 amide bonds. The van der Waals surface area contributed by atoms with Crippen LogP contribution in [0.1, 0.15) is 49.8 Å². The van der Waals surface area contributed by atoms with Crippen LogP contribution in [0.25, 0.3) is 0 Å². The third-order valence-electron chi connectivity index (χ3n) is 6.11. The fourth-order valence-corrected chi connectivity index (χ4v) is 4.49. The molecule has 1 fully saturated rings. The fraction of sp³-hybridized carbons (Fsp3) is 0.458. The number of fused-ring (bicyclic) bond motifs is 1. The van der Waals surface area contributed by atoms with Crippen molar-refractivity contribution < 1.29 is 14.3 Å². The zero-order valence-corrected chi connectivity index (χ0v) is 16.9. The van der Waals surface area contributed by atoms with Crippen LogP contribution in [-0.4, -0.2) is 30.6 Å². The van der Waals surface area contributed by atoms with Gasteiger partial charge in [-0.1, -0.05) is 36.8 Å². The minimum atomic E-state index is -0.327. The van der Waals surface area contributed by atoms with Gasteiger partial charge in [-0.15, -0.1) is 0 Å². The van der Waals surface area contributed by atoms with E-state index in [1.807, 2.05) is 36.9 Å². The SMILES string of the molecule is CCOc1cc2c(cc1OCC)CN(C(=O)C1(c3ccccc3)CCC1)CC2. The highest BCUT2D eigenvalue weighted by molar-refractivity contribution is 5.89. The normalized spacial score (nSPS) is 17.4. The Kier molecular flexibility index (Phi) is 5.29. The molecular formula is C24H29NO3. The average molecular weight is 380 g/mol. The van der Waals surface area contributed by atoms with E-state index in [1.165, 1.54) is 16.7 Å². The lowest BCUT2D eigenvalue weighted by molar-refractivity contribution is -0.142. The summed E-state index contributed by atoms with van der Waals surface area (Å²) in [6.07, 6.45) is 3.88. The summed E-state index contributed by atoms with van der Waals surface area (Å²) in [4.78, 5) is 15.6. The molecule has 0 N–H and O–H groups in total. The summed E-state index contributed by atoms with van der Waals surface area (Å²) in [6.45, 7) is 6.58. The standard InChI is InChI=1S/C24H29NO3/c1-3-27-21-15-18-11-14-25(17-19(18)16-22(21)28-4-2)23(26)24(12-8-13-24)20-9-6-5-7-10-20/h5-7,9-10,15-16H,3-4,8,11-14,17H2,1-2H3. The molecule has 0 unspecified atom stereocenters. The second kappa shape index (κ2) is 7.86. The molecule has 2 aromatic rings. The molecule has 4 rings (SSSR count). The minimum absolute atomic E-state index is 0.280. The lowest BCUT2D eigenvalue weighted by Crippen LogP contribution is -2.52. The molecule has 2 aromatic carbocycles. The van der Waals surface area contributed by atoms with Crippen LogP contribution < -0.4 is 9.47 Å². The molecule has 0 spiro atoms. The molecule has 28 heavy (non-hydrogen) atoms. The molecular weight excluding hydrogens is 350 g/mol. The van der Waals surface area contributed by atoms with Crippen molar-refractivity contribution >= 4 is 5.91 Å². The second-order valence-electron chi connectivity index (χ2n) is 7.71. The van der Waals surface area contributed by atoms with Crippen LogP contribution in [-0.2, 0) is 23.2 Å². The Labute approximate surface area is 167 Å². The largest absolute Gasteiger partial charge is 0.490 e. The smallest absolute Gasteiger partial charge is 0.233 e. The zero-order chi connectivity index (χ0) is 19.6. The molecule has 0 aromatic heterocycles. The summed E-state index contributed by atoms with van der Waals surface area (Å²) in [5.41, 5.74) is 3.28. The summed E-state index contributed by atoms with van der Waals surface area (Å²) < 4.78 is 11.6. The third-order valence-corrected chi connectivity index (χ3v) is 6.11. The number of carbonyl (C=O) groups is 1. The van der Waals surface area contributed by atoms with Gasteiger partial charge in [0, 0.05) is 13.1 Å². The third kappa shape index (κ3) is 3.25. The molecule has 1 aliphatic carbocycles. The van der Waals surface area contributed by atoms with E-state index >= 15 is 0 Å². The predicted octanol–water partition coefficient (Wildman–Crippen LogP) is 4.49. The van der Waals surface area contributed by atoms with Crippen LogP contribution in [0.15, 0.2) is 42.5 Å². The molecule has 1 heterocycles. The topological polar surface area (TPSA) is 38.8 Å². The van der Waals surface area contributed by atoms with E-state index in [0.29, 0.717) is 19.8 Å². The van der Waals surface area contributed by atoms with Crippen molar-refractivity contribution in [3.63, 3.8) is 0 Å². The summed E-state index contributed by atoms with van der Waals surface area (Å²) in [5, 5.41) is 0. The Morgan fingerprint density at radius 1 is 1.00 bits per heavy atom. The van der Waals surface area contributed by atoms with Crippen molar-refractivity contribution in [1.29, 1.82) is 0 Å². The van der Waals surface area contributed by atoms with Gasteiger partial charge in [-0.2, -0.15) is 0 Å². The number of benzene rings is 2. The van der Waals surface area contributed by atoms with Gasteiger partial charge in [-0.25, -0.2) is 0 Å². The molecule has 0 saturated heterocycles. The highest BCUT2D eigenvalue weighted by atomic mass is 16.5. The van der Waals surface area contributed by atoms with E-state index in [-0.39, 0.29) is 11.3 Å². The highest BCUT2D eigenvalue weighted by Gasteiger charge is 2.47. The molecule has 1 saturated carbocycles. The van der Waals surface area contributed by atoms with Gasteiger partial charge in [0.05, 0.1) is 18.6 Å². The van der Waals surface area contributed by atoms with Crippen LogP contribution in [0.4, 0.5) is 0 Å². The van der Waals surface area contributed by atoms with Crippen LogP contribution in [0, 0.1) is 0 Å². The van der Waals surface area contributed by atoms with Crippen LogP contribution in [0.3, 0.4) is 0 Å². The highest BCUT2D eigenvalue weighted by Crippen LogP contribution is 2.46. The Balaban J connectivity index is 1.59. The first-order valence-electron chi connectivity index (χ1n) is 10.4. The summed E-state index contributed by atoms with van der Waals surface area (Å²) in [7, 11) is 0. The molecule has 2 aliphatic rings. The van der Waals surface area contributed by atoms with Crippen molar-refractivity contribution in [2.75, 3.05) is 19.8 Å². The number of ether oxygens (including phenoxy) is 2. The van der Waals surface area contributed by atoms with E-state index in [0.717, 1.165) is 43.7 Å². The first kappa shape index (κ1) is 18.9. The van der Waals surface area contributed by atoms with Gasteiger partial charge in [0.1, 0.15) is 0 Å². The lowest BCUT2D eigenvalue weighted by Gasteiger charge is -2.45. The van der Waals surface area contributed by atoms with Crippen LogP contribution in [0.2, 0.25) is 0 Å². The maximum Gasteiger partial charge on any atom is 0.233 e. The van der Waals surface area contributed by atoms with Crippen molar-refractivity contribution in [2.24, 2.45) is 0 Å². The quantitative estimate of drug-likeness (QED) is 0.742. The molecule has 148 valence electrons. The first-order valence-corrected chi connectivity index (χ1v) is 10.4. The molecule has 4 nitrogen and oxygen atoms in total. The van der Waals surface area contributed by atoms with Crippen molar-refractivity contribution in [3.8, 4) is 11.5 Å². The zero-order valence-electron chi connectivity index (χ0n) is 16.9. The number of hydrogen-bond donors (Lipinski definition) is 0. The van der Waals surface area contributed by atoms with E-state index in [2.05, 4.69) is 24.3 Å². The van der Waals surface area contributed by atoms with Gasteiger partial charge in [0.2, 0.25) is 5.91 Å². The van der Waals surface area contributed by atoms with Gasteiger partial charge >= 0.3 is 0 Å². The van der Waals surface area contributed by atoms with Gasteiger partial charge in [0.15, 0.2) is 11.5 Å². The van der Waals surface area contributed by atoms with Crippen LogP contribution in [0.5, 0.6) is 11.5 Å². The molecule has 0 bridgehead atoms.